The van der Waals surface area contributed by atoms with E-state index in [1.807, 2.05) is 30.3 Å². The summed E-state index contributed by atoms with van der Waals surface area (Å²) >= 11 is 0. The number of carbonyl (C=O) groups is 1. The Morgan fingerprint density at radius 3 is 2.86 bits per heavy atom. The molecule has 0 radical (unpaired) electrons. The number of hydrogen-bond acceptors (Lipinski definition) is 4. The predicted octanol–water partition coefficient (Wildman–Crippen LogP) is 2.70. The molecule has 22 heavy (non-hydrogen) atoms. The Morgan fingerprint density at radius 2 is 2.09 bits per heavy atom. The number of aromatic nitrogens is 1. The maximum Gasteiger partial charge on any atom is 0.224 e. The number of amides is 1. The molecule has 3 rings (SSSR count). The van der Waals surface area contributed by atoms with Gasteiger partial charge in [0.05, 0.1) is 19.8 Å². The van der Waals surface area contributed by atoms with Gasteiger partial charge in [-0.1, -0.05) is 0 Å². The fraction of sp³-hybridized carbons (Fsp3) is 0.176. The van der Waals surface area contributed by atoms with Crippen LogP contribution in [0.5, 0.6) is 5.75 Å². The van der Waals surface area contributed by atoms with Crippen molar-refractivity contribution in [2.45, 2.75) is 13.0 Å². The molecule has 0 saturated carbocycles. The molecule has 0 aliphatic rings. The van der Waals surface area contributed by atoms with E-state index in [2.05, 4.69) is 10.3 Å². The Bertz CT molecular complexity index is 781. The highest BCUT2D eigenvalue weighted by molar-refractivity contribution is 5.88. The van der Waals surface area contributed by atoms with Gasteiger partial charge in [-0.2, -0.15) is 0 Å². The van der Waals surface area contributed by atoms with Crippen molar-refractivity contribution in [3.05, 3.63) is 60.1 Å². The van der Waals surface area contributed by atoms with Crippen LogP contribution in [0, 0.1) is 0 Å². The van der Waals surface area contributed by atoms with Crippen LogP contribution in [0.15, 0.2) is 53.4 Å². The summed E-state index contributed by atoms with van der Waals surface area (Å²) in [5.41, 5.74) is 2.60. The lowest BCUT2D eigenvalue weighted by atomic mass is 10.1. The molecule has 0 unspecified atom stereocenters. The molecule has 0 aliphatic carbocycles. The molecule has 0 fully saturated rings. The van der Waals surface area contributed by atoms with Gasteiger partial charge < -0.3 is 14.5 Å². The van der Waals surface area contributed by atoms with Crippen molar-refractivity contribution < 1.29 is 13.9 Å². The van der Waals surface area contributed by atoms with Gasteiger partial charge in [0.2, 0.25) is 5.91 Å². The molecule has 0 spiro atoms. The predicted molar refractivity (Wildman–Crippen MR) is 82.6 cm³/mol. The highest BCUT2D eigenvalue weighted by Gasteiger charge is 2.11. The van der Waals surface area contributed by atoms with Crippen LogP contribution in [0.4, 0.5) is 0 Å². The summed E-state index contributed by atoms with van der Waals surface area (Å²) < 4.78 is 10.6. The van der Waals surface area contributed by atoms with Crippen molar-refractivity contribution in [1.82, 2.24) is 10.3 Å². The molecule has 0 saturated heterocycles. The summed E-state index contributed by atoms with van der Waals surface area (Å²) in [6, 6.07) is 9.33. The van der Waals surface area contributed by atoms with Gasteiger partial charge in [0.15, 0.2) is 0 Å². The highest BCUT2D eigenvalue weighted by Crippen LogP contribution is 2.25. The first-order valence-electron chi connectivity index (χ1n) is 6.96. The Morgan fingerprint density at radius 1 is 1.27 bits per heavy atom. The van der Waals surface area contributed by atoms with Crippen LogP contribution in [0.3, 0.4) is 0 Å². The number of methoxy groups -OCH3 is 1. The third kappa shape index (κ3) is 3.09. The molecule has 5 nitrogen and oxygen atoms in total. The smallest absolute Gasteiger partial charge is 0.224 e. The molecule has 1 aromatic carbocycles. The average molecular weight is 296 g/mol. The summed E-state index contributed by atoms with van der Waals surface area (Å²) in [7, 11) is 1.61. The van der Waals surface area contributed by atoms with Crippen LogP contribution in [-0.2, 0) is 17.8 Å². The lowest BCUT2D eigenvalue weighted by molar-refractivity contribution is -0.120. The first-order valence-corrected chi connectivity index (χ1v) is 6.96. The first kappa shape index (κ1) is 14.1. The minimum Gasteiger partial charge on any atom is -0.497 e. The van der Waals surface area contributed by atoms with E-state index >= 15 is 0 Å². The number of benzene rings is 1. The molecule has 1 N–H and O–H groups in total. The second kappa shape index (κ2) is 6.30. The second-order valence-electron chi connectivity index (χ2n) is 4.93. The lowest BCUT2D eigenvalue weighted by Crippen LogP contribution is -2.24. The van der Waals surface area contributed by atoms with Crippen LogP contribution in [-0.4, -0.2) is 18.0 Å². The number of furan rings is 1. The molecular formula is C17H16N2O3. The largest absolute Gasteiger partial charge is 0.497 e. The van der Waals surface area contributed by atoms with Gasteiger partial charge in [0.1, 0.15) is 11.3 Å². The Balaban J connectivity index is 1.66. The number of nitrogens with zero attached hydrogens (tertiary/aromatic N) is 1. The highest BCUT2D eigenvalue weighted by atomic mass is 16.5. The van der Waals surface area contributed by atoms with E-state index in [1.54, 1.807) is 25.8 Å². The molecule has 112 valence electrons. The Kier molecular flexibility index (Phi) is 4.05. The monoisotopic (exact) mass is 296 g/mol. The standard InChI is InChI=1S/C17H16N2O3/c1-21-14-2-3-15-13(11-22-16(15)9-14)8-17(20)19-10-12-4-6-18-7-5-12/h2-7,9,11H,8,10H2,1H3,(H,19,20). The van der Waals surface area contributed by atoms with Crippen LogP contribution >= 0.6 is 0 Å². The SMILES string of the molecule is COc1ccc2c(CC(=O)NCc3ccncc3)coc2c1. The van der Waals surface area contributed by atoms with E-state index in [0.29, 0.717) is 6.54 Å². The number of nitrogens with one attached hydrogen (secondary N) is 1. The fourth-order valence-electron chi connectivity index (χ4n) is 2.26. The van der Waals surface area contributed by atoms with Crippen LogP contribution in [0.1, 0.15) is 11.1 Å². The molecule has 2 heterocycles. The molecule has 5 heteroatoms. The van der Waals surface area contributed by atoms with Gasteiger partial charge in [-0.25, -0.2) is 0 Å². The van der Waals surface area contributed by atoms with E-state index in [0.717, 1.165) is 27.8 Å². The molecule has 1 amide bonds. The summed E-state index contributed by atoms with van der Waals surface area (Å²) in [6.07, 6.45) is 5.32. The number of hydrogen-bond donors (Lipinski definition) is 1. The van der Waals surface area contributed by atoms with Crippen molar-refractivity contribution in [3.63, 3.8) is 0 Å². The van der Waals surface area contributed by atoms with E-state index < -0.39 is 0 Å². The van der Waals surface area contributed by atoms with Gasteiger partial charge in [-0.3, -0.25) is 9.78 Å². The Hall–Kier alpha value is -2.82. The van der Waals surface area contributed by atoms with Crippen LogP contribution < -0.4 is 10.1 Å². The summed E-state index contributed by atoms with van der Waals surface area (Å²) in [5, 5.41) is 3.82. The zero-order valence-electron chi connectivity index (χ0n) is 12.2. The number of rotatable bonds is 5. The topological polar surface area (TPSA) is 64.4 Å². The maximum atomic E-state index is 12.1. The van der Waals surface area contributed by atoms with Crippen molar-refractivity contribution in [1.29, 1.82) is 0 Å². The first-order chi connectivity index (χ1) is 10.8. The Labute approximate surface area is 127 Å². The van der Waals surface area contributed by atoms with E-state index in [-0.39, 0.29) is 12.3 Å². The third-order valence-electron chi connectivity index (χ3n) is 3.45. The molecule has 3 aromatic rings. The normalized spacial score (nSPS) is 10.6. The second-order valence-corrected chi connectivity index (χ2v) is 4.93. The summed E-state index contributed by atoms with van der Waals surface area (Å²) in [5.74, 6) is 0.686. The third-order valence-corrected chi connectivity index (χ3v) is 3.45. The minimum atomic E-state index is -0.0460. The lowest BCUT2D eigenvalue weighted by Gasteiger charge is -2.04. The molecule has 2 aromatic heterocycles. The average Bonchev–Trinajstić information content (AvgIpc) is 2.96. The van der Waals surface area contributed by atoms with Crippen molar-refractivity contribution in [3.8, 4) is 5.75 Å². The zero-order chi connectivity index (χ0) is 15.4. The van der Waals surface area contributed by atoms with Gasteiger partial charge in [-0.05, 0) is 29.8 Å². The van der Waals surface area contributed by atoms with Crippen molar-refractivity contribution >= 4 is 16.9 Å². The van der Waals surface area contributed by atoms with E-state index in [9.17, 15) is 4.79 Å². The number of fused-ring (bicyclic) bond motifs is 1. The maximum absolute atomic E-state index is 12.1. The summed E-state index contributed by atoms with van der Waals surface area (Å²) in [6.45, 7) is 0.491. The van der Waals surface area contributed by atoms with Gasteiger partial charge in [0.25, 0.3) is 0 Å². The zero-order valence-corrected chi connectivity index (χ0v) is 12.2. The van der Waals surface area contributed by atoms with Gasteiger partial charge >= 0.3 is 0 Å². The van der Waals surface area contributed by atoms with Gasteiger partial charge in [-0.15, -0.1) is 0 Å². The number of carbonyl (C=O) groups excluding carboxylic acids is 1. The minimum absolute atomic E-state index is 0.0460. The number of pyridine rings is 1. The van der Waals surface area contributed by atoms with Crippen molar-refractivity contribution in [2.75, 3.05) is 7.11 Å². The van der Waals surface area contributed by atoms with E-state index in [1.165, 1.54) is 0 Å². The number of ether oxygens (including phenoxy) is 1. The van der Waals surface area contributed by atoms with E-state index in [4.69, 9.17) is 9.15 Å². The fourth-order valence-corrected chi connectivity index (χ4v) is 2.26. The van der Waals surface area contributed by atoms with Crippen LogP contribution in [0.2, 0.25) is 0 Å². The molecule has 0 atom stereocenters. The summed E-state index contributed by atoms with van der Waals surface area (Å²) in [4.78, 5) is 16.0. The van der Waals surface area contributed by atoms with Crippen LogP contribution in [0.25, 0.3) is 11.0 Å². The molecule has 0 aliphatic heterocycles. The van der Waals surface area contributed by atoms with Crippen molar-refractivity contribution in [2.24, 2.45) is 0 Å². The molecule has 0 bridgehead atoms. The quantitative estimate of drug-likeness (QED) is 0.786. The molecular weight excluding hydrogens is 280 g/mol. The van der Waals surface area contributed by atoms with Gasteiger partial charge in [0, 0.05) is 36.0 Å².